The number of fused-ring (bicyclic) bond motifs is 1. The zero-order chi connectivity index (χ0) is 16.4. The molecule has 0 aromatic heterocycles. The number of benzene rings is 3. The van der Waals surface area contributed by atoms with Gasteiger partial charge >= 0.3 is 0 Å². The molecule has 0 aliphatic carbocycles. The summed E-state index contributed by atoms with van der Waals surface area (Å²) in [5, 5.41) is 5.89. The summed E-state index contributed by atoms with van der Waals surface area (Å²) in [7, 11) is 0. The van der Waals surface area contributed by atoms with Crippen LogP contribution in [0.1, 0.15) is 23.7 Å². The van der Waals surface area contributed by atoms with Crippen LogP contribution in [0.3, 0.4) is 0 Å². The Morgan fingerprint density at radius 1 is 0.958 bits per heavy atom. The highest BCUT2D eigenvalue weighted by atomic mass is 16.5. The Labute approximate surface area is 143 Å². The normalized spacial score (nSPS) is 18.6. The molecule has 1 saturated heterocycles. The third-order valence-electron chi connectivity index (χ3n) is 5.03. The fourth-order valence-corrected chi connectivity index (χ4v) is 3.69. The van der Waals surface area contributed by atoms with Gasteiger partial charge in [-0.1, -0.05) is 60.7 Å². The molecule has 0 spiro atoms. The summed E-state index contributed by atoms with van der Waals surface area (Å²) < 4.78 is 6.64. The molecule has 2 unspecified atom stereocenters. The van der Waals surface area contributed by atoms with Crippen LogP contribution in [0.25, 0.3) is 10.8 Å². The second-order valence-electron chi connectivity index (χ2n) is 6.63. The molecule has 4 rings (SSSR count). The first kappa shape index (κ1) is 15.2. The Hall–Kier alpha value is -2.32. The van der Waals surface area contributed by atoms with Crippen molar-refractivity contribution in [3.05, 3.63) is 77.9 Å². The van der Waals surface area contributed by atoms with Gasteiger partial charge in [-0.05, 0) is 42.5 Å². The lowest BCUT2D eigenvalue weighted by atomic mass is 9.92. The second-order valence-corrected chi connectivity index (χ2v) is 6.63. The molecule has 24 heavy (non-hydrogen) atoms. The van der Waals surface area contributed by atoms with E-state index in [2.05, 4.69) is 79.0 Å². The lowest BCUT2D eigenvalue weighted by Gasteiger charge is -2.27. The van der Waals surface area contributed by atoms with E-state index in [4.69, 9.17) is 4.74 Å². The molecule has 1 aliphatic heterocycles. The molecule has 1 fully saturated rings. The fraction of sp³-hybridized carbons (Fsp3) is 0.273. The Bertz CT molecular complexity index is 831. The van der Waals surface area contributed by atoms with E-state index < -0.39 is 0 Å². The third-order valence-corrected chi connectivity index (χ3v) is 5.03. The van der Waals surface area contributed by atoms with Gasteiger partial charge < -0.3 is 10.1 Å². The van der Waals surface area contributed by atoms with Gasteiger partial charge in [0.05, 0.1) is 0 Å². The number of nitrogens with one attached hydrogen (secondary N) is 1. The minimum Gasteiger partial charge on any atom is -0.485 e. The van der Waals surface area contributed by atoms with Crippen molar-refractivity contribution in [1.82, 2.24) is 5.32 Å². The quantitative estimate of drug-likeness (QED) is 0.740. The zero-order valence-electron chi connectivity index (χ0n) is 14.0. The monoisotopic (exact) mass is 317 g/mol. The van der Waals surface area contributed by atoms with Crippen LogP contribution in [0.5, 0.6) is 5.75 Å². The molecule has 0 amide bonds. The number of hydrogen-bond acceptors (Lipinski definition) is 2. The molecule has 3 aromatic rings. The van der Waals surface area contributed by atoms with Gasteiger partial charge in [-0.2, -0.15) is 0 Å². The highest BCUT2D eigenvalue weighted by Gasteiger charge is 2.29. The molecule has 1 aliphatic rings. The van der Waals surface area contributed by atoms with Crippen LogP contribution in [0.4, 0.5) is 0 Å². The average Bonchev–Trinajstić information content (AvgIpc) is 3.15. The Morgan fingerprint density at radius 3 is 2.58 bits per heavy atom. The molecule has 122 valence electrons. The first-order chi connectivity index (χ1) is 11.8. The molecule has 0 saturated carbocycles. The van der Waals surface area contributed by atoms with Crippen molar-refractivity contribution in [2.75, 3.05) is 13.1 Å². The Kier molecular flexibility index (Phi) is 4.22. The molecule has 0 bridgehead atoms. The fourth-order valence-electron chi connectivity index (χ4n) is 3.69. The molecule has 2 heteroatoms. The number of ether oxygens (including phenoxy) is 1. The van der Waals surface area contributed by atoms with E-state index >= 15 is 0 Å². The van der Waals surface area contributed by atoms with Gasteiger partial charge in [0.2, 0.25) is 0 Å². The van der Waals surface area contributed by atoms with Crippen LogP contribution in [0.2, 0.25) is 0 Å². The lowest BCUT2D eigenvalue weighted by Crippen LogP contribution is -2.22. The summed E-state index contributed by atoms with van der Waals surface area (Å²) in [4.78, 5) is 0. The zero-order valence-corrected chi connectivity index (χ0v) is 14.0. The van der Waals surface area contributed by atoms with Gasteiger partial charge in [-0.25, -0.2) is 0 Å². The van der Waals surface area contributed by atoms with E-state index in [9.17, 15) is 0 Å². The maximum atomic E-state index is 6.64. The standard InChI is InChI=1S/C22H23NO/c1-16-7-2-4-10-19(16)22(18-13-14-23-15-18)24-21-12-6-9-17-8-3-5-11-20(17)21/h2-12,18,22-23H,13-15H2,1H3. The third kappa shape index (κ3) is 2.90. The molecule has 3 aromatic carbocycles. The summed E-state index contributed by atoms with van der Waals surface area (Å²) in [5.74, 6) is 1.48. The molecule has 0 radical (unpaired) electrons. The molecular weight excluding hydrogens is 294 g/mol. The van der Waals surface area contributed by atoms with E-state index in [0.29, 0.717) is 5.92 Å². The molecule has 1 N–H and O–H groups in total. The van der Waals surface area contributed by atoms with Gasteiger partial charge in [0, 0.05) is 17.8 Å². The van der Waals surface area contributed by atoms with Crippen molar-refractivity contribution in [1.29, 1.82) is 0 Å². The van der Waals surface area contributed by atoms with Gasteiger partial charge in [0.25, 0.3) is 0 Å². The molecule has 2 nitrogen and oxygen atoms in total. The van der Waals surface area contributed by atoms with Crippen LogP contribution >= 0.6 is 0 Å². The van der Waals surface area contributed by atoms with Crippen molar-refractivity contribution in [2.24, 2.45) is 5.92 Å². The van der Waals surface area contributed by atoms with Crippen molar-refractivity contribution >= 4 is 10.8 Å². The minimum atomic E-state index is 0.0898. The average molecular weight is 317 g/mol. The molecular formula is C22H23NO. The second kappa shape index (κ2) is 6.66. The predicted molar refractivity (Wildman–Crippen MR) is 99.5 cm³/mol. The van der Waals surface area contributed by atoms with Crippen LogP contribution in [-0.2, 0) is 0 Å². The topological polar surface area (TPSA) is 21.3 Å². The summed E-state index contributed by atoms with van der Waals surface area (Å²) in [6, 6.07) is 23.4. The molecule has 2 atom stereocenters. The van der Waals surface area contributed by atoms with Crippen molar-refractivity contribution in [3.8, 4) is 5.75 Å². The number of hydrogen-bond donors (Lipinski definition) is 1. The van der Waals surface area contributed by atoms with Gasteiger partial charge in [-0.15, -0.1) is 0 Å². The van der Waals surface area contributed by atoms with Crippen molar-refractivity contribution in [3.63, 3.8) is 0 Å². The van der Waals surface area contributed by atoms with E-state index in [-0.39, 0.29) is 6.10 Å². The van der Waals surface area contributed by atoms with Gasteiger partial charge in [0.1, 0.15) is 11.9 Å². The van der Waals surface area contributed by atoms with Gasteiger partial charge in [0.15, 0.2) is 0 Å². The lowest BCUT2D eigenvalue weighted by molar-refractivity contribution is 0.146. The van der Waals surface area contributed by atoms with E-state index in [1.807, 2.05) is 0 Å². The SMILES string of the molecule is Cc1ccccc1C(Oc1cccc2ccccc12)C1CCNC1. The van der Waals surface area contributed by atoms with Crippen LogP contribution in [0.15, 0.2) is 66.7 Å². The first-order valence-electron chi connectivity index (χ1n) is 8.73. The Balaban J connectivity index is 1.75. The Morgan fingerprint density at radius 2 is 1.75 bits per heavy atom. The summed E-state index contributed by atoms with van der Waals surface area (Å²) in [5.41, 5.74) is 2.61. The van der Waals surface area contributed by atoms with Crippen molar-refractivity contribution < 1.29 is 4.74 Å². The first-order valence-corrected chi connectivity index (χ1v) is 8.73. The largest absolute Gasteiger partial charge is 0.485 e. The van der Waals surface area contributed by atoms with E-state index in [1.165, 1.54) is 21.9 Å². The number of rotatable bonds is 4. The minimum absolute atomic E-state index is 0.0898. The van der Waals surface area contributed by atoms with Crippen LogP contribution < -0.4 is 10.1 Å². The smallest absolute Gasteiger partial charge is 0.128 e. The van der Waals surface area contributed by atoms with E-state index in [0.717, 1.165) is 25.3 Å². The maximum Gasteiger partial charge on any atom is 0.128 e. The summed E-state index contributed by atoms with van der Waals surface area (Å²) in [6.07, 6.45) is 1.25. The van der Waals surface area contributed by atoms with Crippen LogP contribution in [-0.4, -0.2) is 13.1 Å². The van der Waals surface area contributed by atoms with E-state index in [1.54, 1.807) is 0 Å². The van der Waals surface area contributed by atoms with Crippen molar-refractivity contribution in [2.45, 2.75) is 19.4 Å². The number of aryl methyl sites for hydroxylation is 1. The summed E-state index contributed by atoms with van der Waals surface area (Å²) in [6.45, 7) is 4.27. The van der Waals surface area contributed by atoms with Gasteiger partial charge in [-0.3, -0.25) is 0 Å². The van der Waals surface area contributed by atoms with Crippen LogP contribution in [0, 0.1) is 12.8 Å². The summed E-state index contributed by atoms with van der Waals surface area (Å²) >= 11 is 0. The highest BCUT2D eigenvalue weighted by Crippen LogP contribution is 2.36. The predicted octanol–water partition coefficient (Wildman–Crippen LogP) is 4.88. The maximum absolute atomic E-state index is 6.64. The highest BCUT2D eigenvalue weighted by molar-refractivity contribution is 5.88. The molecule has 1 heterocycles.